The van der Waals surface area contributed by atoms with E-state index in [4.69, 9.17) is 0 Å². The number of nitrogens with one attached hydrogen (secondary N) is 2. The number of halogens is 3. The second kappa shape index (κ2) is 9.26. The summed E-state index contributed by atoms with van der Waals surface area (Å²) in [5.74, 6) is -1.13. The van der Waals surface area contributed by atoms with Crippen LogP contribution in [-0.2, 0) is 6.54 Å². The van der Waals surface area contributed by atoms with Gasteiger partial charge in [-0.05, 0) is 38.5 Å². The maximum atomic E-state index is 13.3. The van der Waals surface area contributed by atoms with E-state index in [2.05, 4.69) is 20.6 Å². The number of thiazole rings is 1. The number of rotatable bonds is 4. The van der Waals surface area contributed by atoms with Crippen LogP contribution in [0.15, 0.2) is 23.2 Å². The quantitative estimate of drug-likeness (QED) is 0.406. The van der Waals surface area contributed by atoms with E-state index in [0.717, 1.165) is 16.8 Å². The Kier molecular flexibility index (Phi) is 8.01. The topological polar surface area (TPSA) is 49.3 Å². The van der Waals surface area contributed by atoms with Crippen molar-refractivity contribution in [2.24, 2.45) is 4.99 Å². The van der Waals surface area contributed by atoms with Gasteiger partial charge in [0.2, 0.25) is 0 Å². The highest BCUT2D eigenvalue weighted by Crippen LogP contribution is 2.17. The van der Waals surface area contributed by atoms with E-state index in [1.807, 2.05) is 20.8 Å². The molecule has 1 aromatic carbocycles. The molecule has 1 heterocycles. The van der Waals surface area contributed by atoms with Gasteiger partial charge in [-0.15, -0.1) is 35.3 Å². The highest BCUT2D eigenvalue weighted by Gasteiger charge is 2.11. The minimum absolute atomic E-state index is 0. The lowest BCUT2D eigenvalue weighted by molar-refractivity contribution is 0.504. The number of aliphatic imine (C=N–C) groups is 1. The van der Waals surface area contributed by atoms with Gasteiger partial charge in [0, 0.05) is 11.9 Å². The monoisotopic (exact) mass is 466 g/mol. The van der Waals surface area contributed by atoms with Gasteiger partial charge in [0.15, 0.2) is 17.6 Å². The summed E-state index contributed by atoms with van der Waals surface area (Å²) >= 11 is 1.64. The lowest BCUT2D eigenvalue weighted by Gasteiger charge is -2.18. The number of nitrogens with zero attached hydrogens (tertiary/aromatic N) is 2. The Balaban J connectivity index is 0.00000288. The molecule has 132 valence electrons. The van der Waals surface area contributed by atoms with E-state index < -0.39 is 11.6 Å². The summed E-state index contributed by atoms with van der Waals surface area (Å²) in [7, 11) is 1.66. The summed E-state index contributed by atoms with van der Waals surface area (Å²) in [5, 5.41) is 7.30. The van der Waals surface area contributed by atoms with Crippen molar-refractivity contribution in [1.29, 1.82) is 0 Å². The van der Waals surface area contributed by atoms with Crippen LogP contribution in [-0.4, -0.2) is 18.0 Å². The van der Waals surface area contributed by atoms with Gasteiger partial charge in [0.25, 0.3) is 0 Å². The van der Waals surface area contributed by atoms with Crippen molar-refractivity contribution < 1.29 is 8.78 Å². The molecule has 0 spiro atoms. The first kappa shape index (κ1) is 20.8. The lowest BCUT2D eigenvalue weighted by atomic mass is 10.1. The maximum absolute atomic E-state index is 13.3. The molecular formula is C16H21F2IN4S. The van der Waals surface area contributed by atoms with Gasteiger partial charge in [-0.25, -0.2) is 13.8 Å². The molecule has 0 saturated heterocycles. The van der Waals surface area contributed by atoms with Gasteiger partial charge in [-0.1, -0.05) is 6.07 Å². The minimum Gasteiger partial charge on any atom is -0.350 e. The Hall–Kier alpha value is -1.29. The average molecular weight is 466 g/mol. The second-order valence-corrected chi connectivity index (χ2v) is 6.50. The van der Waals surface area contributed by atoms with Gasteiger partial charge < -0.3 is 10.6 Å². The van der Waals surface area contributed by atoms with E-state index in [1.165, 1.54) is 10.9 Å². The van der Waals surface area contributed by atoms with Crippen LogP contribution >= 0.6 is 35.3 Å². The van der Waals surface area contributed by atoms with Crippen molar-refractivity contribution >= 4 is 41.3 Å². The van der Waals surface area contributed by atoms with Gasteiger partial charge in [0.1, 0.15) is 5.01 Å². The van der Waals surface area contributed by atoms with Crippen LogP contribution in [0.5, 0.6) is 0 Å². The molecule has 0 bridgehead atoms. The minimum atomic E-state index is -0.854. The van der Waals surface area contributed by atoms with Crippen LogP contribution in [0.25, 0.3) is 0 Å². The third-order valence-electron chi connectivity index (χ3n) is 3.50. The summed E-state index contributed by atoms with van der Waals surface area (Å²) in [6.07, 6.45) is 0. The fourth-order valence-electron chi connectivity index (χ4n) is 2.04. The molecule has 1 atom stereocenters. The van der Waals surface area contributed by atoms with E-state index in [9.17, 15) is 8.78 Å². The Morgan fingerprint density at radius 2 is 2.00 bits per heavy atom. The average Bonchev–Trinajstić information content (AvgIpc) is 2.84. The SMILES string of the molecule is CN=C(NCc1nc(C)c(C)s1)NC(C)c1ccc(F)c(F)c1.I. The van der Waals surface area contributed by atoms with E-state index >= 15 is 0 Å². The van der Waals surface area contributed by atoms with Gasteiger partial charge in [-0.2, -0.15) is 0 Å². The van der Waals surface area contributed by atoms with E-state index in [-0.39, 0.29) is 30.0 Å². The van der Waals surface area contributed by atoms with Gasteiger partial charge in [-0.3, -0.25) is 4.99 Å². The molecule has 0 radical (unpaired) electrons. The summed E-state index contributed by atoms with van der Waals surface area (Å²) in [5.41, 5.74) is 1.68. The first-order chi connectivity index (χ1) is 10.9. The number of aromatic nitrogens is 1. The molecule has 4 nitrogen and oxygen atoms in total. The van der Waals surface area contributed by atoms with Gasteiger partial charge in [0.05, 0.1) is 18.3 Å². The van der Waals surface area contributed by atoms with Crippen LogP contribution in [0, 0.1) is 25.5 Å². The normalized spacial score (nSPS) is 12.5. The standard InChI is InChI=1S/C16H20F2N4S.HI/c1-9-11(3)23-15(21-9)8-20-16(19-4)22-10(2)12-5-6-13(17)14(18)7-12;/h5-7,10H,8H2,1-4H3,(H2,19,20,22);1H. The largest absolute Gasteiger partial charge is 0.350 e. The number of hydrogen-bond donors (Lipinski definition) is 2. The Morgan fingerprint density at radius 1 is 1.29 bits per heavy atom. The van der Waals surface area contributed by atoms with Crippen molar-refractivity contribution in [1.82, 2.24) is 15.6 Å². The predicted molar refractivity (Wildman–Crippen MR) is 105 cm³/mol. The maximum Gasteiger partial charge on any atom is 0.191 e. The number of benzene rings is 1. The Labute approximate surface area is 161 Å². The molecule has 2 rings (SSSR count). The Bertz CT molecular complexity index is 699. The number of aryl methyl sites for hydroxylation is 2. The molecule has 0 amide bonds. The van der Waals surface area contributed by atoms with Crippen molar-refractivity contribution in [3.8, 4) is 0 Å². The molecule has 24 heavy (non-hydrogen) atoms. The summed E-state index contributed by atoms with van der Waals surface area (Å²) in [6.45, 7) is 6.43. The fourth-order valence-corrected chi connectivity index (χ4v) is 2.91. The predicted octanol–water partition coefficient (Wildman–Crippen LogP) is 4.08. The first-order valence-corrected chi connectivity index (χ1v) is 8.07. The smallest absolute Gasteiger partial charge is 0.191 e. The van der Waals surface area contributed by atoms with Crippen molar-refractivity contribution in [3.63, 3.8) is 0 Å². The molecule has 0 aliphatic carbocycles. The first-order valence-electron chi connectivity index (χ1n) is 7.25. The van der Waals surface area contributed by atoms with Crippen LogP contribution in [0.4, 0.5) is 8.78 Å². The summed E-state index contributed by atoms with van der Waals surface area (Å²) in [6, 6.07) is 3.65. The van der Waals surface area contributed by atoms with Crippen molar-refractivity contribution in [2.75, 3.05) is 7.05 Å². The van der Waals surface area contributed by atoms with Crippen LogP contribution in [0.3, 0.4) is 0 Å². The van der Waals surface area contributed by atoms with Crippen molar-refractivity contribution in [3.05, 3.63) is 51.0 Å². The molecule has 1 aromatic heterocycles. The number of hydrogen-bond acceptors (Lipinski definition) is 3. The molecule has 2 N–H and O–H groups in total. The molecule has 1 unspecified atom stereocenters. The summed E-state index contributed by atoms with van der Waals surface area (Å²) < 4.78 is 26.3. The zero-order valence-corrected chi connectivity index (χ0v) is 17.1. The molecule has 0 fully saturated rings. The van der Waals surface area contributed by atoms with Crippen LogP contribution in [0.1, 0.15) is 34.1 Å². The summed E-state index contributed by atoms with van der Waals surface area (Å²) in [4.78, 5) is 9.79. The lowest BCUT2D eigenvalue weighted by Crippen LogP contribution is -2.38. The Morgan fingerprint density at radius 3 is 2.54 bits per heavy atom. The zero-order valence-electron chi connectivity index (χ0n) is 14.0. The fraction of sp³-hybridized carbons (Fsp3) is 0.375. The van der Waals surface area contributed by atoms with E-state index in [0.29, 0.717) is 18.1 Å². The molecule has 2 aromatic rings. The van der Waals surface area contributed by atoms with Crippen LogP contribution in [0.2, 0.25) is 0 Å². The zero-order chi connectivity index (χ0) is 17.0. The second-order valence-electron chi connectivity index (χ2n) is 5.21. The molecule has 8 heteroatoms. The van der Waals surface area contributed by atoms with Gasteiger partial charge >= 0.3 is 0 Å². The highest BCUT2D eigenvalue weighted by molar-refractivity contribution is 14.0. The third kappa shape index (κ3) is 5.37. The third-order valence-corrected chi connectivity index (χ3v) is 4.57. The molecule has 0 saturated carbocycles. The molecule has 0 aliphatic heterocycles. The van der Waals surface area contributed by atoms with Crippen molar-refractivity contribution in [2.45, 2.75) is 33.4 Å². The van der Waals surface area contributed by atoms with Crippen LogP contribution < -0.4 is 10.6 Å². The van der Waals surface area contributed by atoms with E-state index in [1.54, 1.807) is 24.5 Å². The highest BCUT2D eigenvalue weighted by atomic mass is 127. The molecule has 0 aliphatic rings. The number of guanidine groups is 1. The molecular weight excluding hydrogens is 445 g/mol.